The Labute approximate surface area is 164 Å². The van der Waals surface area contributed by atoms with Crippen LogP contribution >= 0.6 is 0 Å². The van der Waals surface area contributed by atoms with Crippen LogP contribution in [0.1, 0.15) is 11.1 Å². The van der Waals surface area contributed by atoms with Crippen LogP contribution in [0.25, 0.3) is 6.08 Å². The van der Waals surface area contributed by atoms with Crippen molar-refractivity contribution in [3.63, 3.8) is 0 Å². The highest BCUT2D eigenvalue weighted by atomic mass is 16.6. The first kappa shape index (κ1) is 19.7. The molecular formula is C21H24N4O3. The zero-order valence-electron chi connectivity index (χ0n) is 15.9. The molecule has 0 atom stereocenters. The number of non-ortho nitro benzene ring substituents is 1. The van der Waals surface area contributed by atoms with E-state index in [2.05, 4.69) is 22.2 Å². The number of nitrogens with one attached hydrogen (secondary N) is 1. The molecule has 1 aliphatic heterocycles. The zero-order valence-corrected chi connectivity index (χ0v) is 15.9. The third-order valence-corrected chi connectivity index (χ3v) is 4.73. The van der Waals surface area contributed by atoms with Crippen LogP contribution in [-0.4, -0.2) is 53.9 Å². The fourth-order valence-electron chi connectivity index (χ4n) is 3.06. The third-order valence-electron chi connectivity index (χ3n) is 4.73. The maximum absolute atomic E-state index is 12.1. The number of benzene rings is 2. The largest absolute Gasteiger partial charge is 0.323 e. The Morgan fingerprint density at radius 1 is 1.14 bits per heavy atom. The number of nitro benzene ring substituents is 1. The summed E-state index contributed by atoms with van der Waals surface area (Å²) in [4.78, 5) is 27.2. The van der Waals surface area contributed by atoms with E-state index in [-0.39, 0.29) is 11.6 Å². The van der Waals surface area contributed by atoms with Crippen molar-refractivity contribution in [1.82, 2.24) is 9.80 Å². The number of nitro groups is 1. The van der Waals surface area contributed by atoms with Gasteiger partial charge in [-0.3, -0.25) is 19.8 Å². The summed E-state index contributed by atoms with van der Waals surface area (Å²) in [6.07, 6.45) is 2.93. The Hall–Kier alpha value is -3.03. The number of nitrogens with zero attached hydrogens (tertiary/aromatic N) is 3. The van der Waals surface area contributed by atoms with Gasteiger partial charge in [0, 0.05) is 56.6 Å². The van der Waals surface area contributed by atoms with E-state index in [4.69, 9.17) is 0 Å². The van der Waals surface area contributed by atoms with Gasteiger partial charge in [-0.25, -0.2) is 0 Å². The molecule has 3 rings (SSSR count). The molecule has 0 spiro atoms. The second-order valence-electron chi connectivity index (χ2n) is 6.95. The first-order valence-corrected chi connectivity index (χ1v) is 9.23. The standard InChI is InChI=1S/C21H24N4O3/c1-23-11-13-24(14-12-23)16-18-5-8-19(9-6-18)22-21(26)10-7-17-3-2-4-20(15-17)25(27)28/h2-10,15H,11-14,16H2,1H3,(H,22,26)/b10-7+. The average Bonchev–Trinajstić information content (AvgIpc) is 2.70. The van der Waals surface area contributed by atoms with Gasteiger partial charge in [0.2, 0.25) is 5.91 Å². The van der Waals surface area contributed by atoms with Crippen molar-refractivity contribution in [2.45, 2.75) is 6.54 Å². The molecule has 1 fully saturated rings. The van der Waals surface area contributed by atoms with Crippen LogP contribution in [0.2, 0.25) is 0 Å². The van der Waals surface area contributed by atoms with E-state index >= 15 is 0 Å². The summed E-state index contributed by atoms with van der Waals surface area (Å²) in [7, 11) is 2.14. The highest BCUT2D eigenvalue weighted by Gasteiger charge is 2.13. The lowest BCUT2D eigenvalue weighted by atomic mass is 10.1. The van der Waals surface area contributed by atoms with E-state index in [1.807, 2.05) is 24.3 Å². The van der Waals surface area contributed by atoms with E-state index in [1.54, 1.807) is 18.2 Å². The molecule has 0 radical (unpaired) electrons. The van der Waals surface area contributed by atoms with Gasteiger partial charge < -0.3 is 10.2 Å². The molecule has 146 valence electrons. The number of hydrogen-bond acceptors (Lipinski definition) is 5. The Morgan fingerprint density at radius 3 is 2.54 bits per heavy atom. The number of likely N-dealkylation sites (N-methyl/N-ethyl adjacent to an activating group) is 1. The van der Waals surface area contributed by atoms with Gasteiger partial charge in [0.15, 0.2) is 0 Å². The molecular weight excluding hydrogens is 356 g/mol. The second-order valence-corrected chi connectivity index (χ2v) is 6.95. The predicted molar refractivity (Wildman–Crippen MR) is 110 cm³/mol. The summed E-state index contributed by atoms with van der Waals surface area (Å²) in [5, 5.41) is 13.6. The fourth-order valence-corrected chi connectivity index (χ4v) is 3.06. The number of piperazine rings is 1. The predicted octanol–water partition coefficient (Wildman–Crippen LogP) is 2.99. The smallest absolute Gasteiger partial charge is 0.270 e. The van der Waals surface area contributed by atoms with Gasteiger partial charge in [-0.05, 0) is 36.4 Å². The minimum Gasteiger partial charge on any atom is -0.323 e. The molecule has 0 aromatic heterocycles. The summed E-state index contributed by atoms with van der Waals surface area (Å²) < 4.78 is 0. The minimum atomic E-state index is -0.457. The molecule has 0 saturated carbocycles. The summed E-state index contributed by atoms with van der Waals surface area (Å²) in [5.41, 5.74) is 2.54. The number of rotatable bonds is 6. The first-order valence-electron chi connectivity index (χ1n) is 9.23. The van der Waals surface area contributed by atoms with Crippen LogP contribution in [0.4, 0.5) is 11.4 Å². The van der Waals surface area contributed by atoms with Gasteiger partial charge >= 0.3 is 0 Å². The number of carbonyl (C=O) groups excluding carboxylic acids is 1. The number of anilines is 1. The lowest BCUT2D eigenvalue weighted by Gasteiger charge is -2.32. The van der Waals surface area contributed by atoms with Crippen LogP contribution in [0.15, 0.2) is 54.6 Å². The molecule has 1 N–H and O–H groups in total. The van der Waals surface area contributed by atoms with Crippen molar-refractivity contribution in [1.29, 1.82) is 0 Å². The fraction of sp³-hybridized carbons (Fsp3) is 0.286. The third kappa shape index (κ3) is 5.73. The molecule has 1 saturated heterocycles. The Bertz CT molecular complexity index is 856. The van der Waals surface area contributed by atoms with Gasteiger partial charge in [0.1, 0.15) is 0 Å². The van der Waals surface area contributed by atoms with Crippen LogP contribution in [-0.2, 0) is 11.3 Å². The highest BCUT2D eigenvalue weighted by molar-refractivity contribution is 6.01. The molecule has 1 aliphatic rings. The Kier molecular flexibility index (Phi) is 6.52. The number of hydrogen-bond donors (Lipinski definition) is 1. The van der Waals surface area contributed by atoms with E-state index in [1.165, 1.54) is 23.8 Å². The molecule has 7 nitrogen and oxygen atoms in total. The van der Waals surface area contributed by atoms with Gasteiger partial charge in [-0.2, -0.15) is 0 Å². The van der Waals surface area contributed by atoms with Gasteiger partial charge in [0.25, 0.3) is 5.69 Å². The van der Waals surface area contributed by atoms with E-state index in [0.29, 0.717) is 5.56 Å². The summed E-state index contributed by atoms with van der Waals surface area (Å²) in [6.45, 7) is 5.22. The van der Waals surface area contributed by atoms with Crippen LogP contribution in [0, 0.1) is 10.1 Å². The number of carbonyl (C=O) groups is 1. The van der Waals surface area contributed by atoms with E-state index in [0.717, 1.165) is 38.4 Å². The van der Waals surface area contributed by atoms with Crippen molar-refractivity contribution >= 4 is 23.4 Å². The summed E-state index contributed by atoms with van der Waals surface area (Å²) >= 11 is 0. The quantitative estimate of drug-likeness (QED) is 0.473. The van der Waals surface area contributed by atoms with Crippen LogP contribution in [0.3, 0.4) is 0 Å². The molecule has 2 aromatic carbocycles. The second kappa shape index (κ2) is 9.25. The Morgan fingerprint density at radius 2 is 1.86 bits per heavy atom. The maximum atomic E-state index is 12.1. The first-order chi connectivity index (χ1) is 13.5. The molecule has 0 aliphatic carbocycles. The van der Waals surface area contributed by atoms with Gasteiger partial charge in [0.05, 0.1) is 4.92 Å². The van der Waals surface area contributed by atoms with Gasteiger partial charge in [-0.15, -0.1) is 0 Å². The number of amides is 1. The van der Waals surface area contributed by atoms with Crippen molar-refractivity contribution < 1.29 is 9.72 Å². The minimum absolute atomic E-state index is 0.00139. The molecule has 28 heavy (non-hydrogen) atoms. The van der Waals surface area contributed by atoms with E-state index in [9.17, 15) is 14.9 Å². The summed E-state index contributed by atoms with van der Waals surface area (Å²) in [6, 6.07) is 14.0. The van der Waals surface area contributed by atoms with Crippen molar-refractivity contribution in [2.75, 3.05) is 38.5 Å². The SMILES string of the molecule is CN1CCN(Cc2ccc(NC(=O)/C=C/c3cccc([N+](=O)[O-])c3)cc2)CC1. The van der Waals surface area contributed by atoms with Crippen LogP contribution < -0.4 is 5.32 Å². The lowest BCUT2D eigenvalue weighted by Crippen LogP contribution is -2.43. The summed E-state index contributed by atoms with van der Waals surface area (Å²) in [5.74, 6) is -0.279. The maximum Gasteiger partial charge on any atom is 0.270 e. The average molecular weight is 380 g/mol. The monoisotopic (exact) mass is 380 g/mol. The Balaban J connectivity index is 1.53. The van der Waals surface area contributed by atoms with Crippen LogP contribution in [0.5, 0.6) is 0 Å². The van der Waals surface area contributed by atoms with Crippen molar-refractivity contribution in [2.24, 2.45) is 0 Å². The normalized spacial score (nSPS) is 15.6. The van der Waals surface area contributed by atoms with Crippen molar-refractivity contribution in [3.05, 3.63) is 75.8 Å². The lowest BCUT2D eigenvalue weighted by molar-refractivity contribution is -0.384. The molecule has 1 amide bonds. The topological polar surface area (TPSA) is 78.7 Å². The molecule has 0 unspecified atom stereocenters. The van der Waals surface area contributed by atoms with Gasteiger partial charge in [-0.1, -0.05) is 24.3 Å². The molecule has 7 heteroatoms. The molecule has 0 bridgehead atoms. The zero-order chi connectivity index (χ0) is 19.9. The highest BCUT2D eigenvalue weighted by Crippen LogP contribution is 2.15. The van der Waals surface area contributed by atoms with Crippen molar-refractivity contribution in [3.8, 4) is 0 Å². The molecule has 2 aromatic rings. The van der Waals surface area contributed by atoms with E-state index < -0.39 is 4.92 Å². The molecule has 1 heterocycles.